The topological polar surface area (TPSA) is 76.5 Å². The zero-order chi connectivity index (χ0) is 14.1. The molecule has 0 spiro atoms. The van der Waals surface area contributed by atoms with E-state index in [0.29, 0.717) is 0 Å². The SMILES string of the molecule is NC(=O)CN(C(=O)C1CC1c1ccco1)C1CCCC1. The maximum absolute atomic E-state index is 12.6. The largest absolute Gasteiger partial charge is 0.469 e. The molecule has 108 valence electrons. The van der Waals surface area contributed by atoms with Crippen LogP contribution in [0.25, 0.3) is 0 Å². The first kappa shape index (κ1) is 13.2. The summed E-state index contributed by atoms with van der Waals surface area (Å²) in [5, 5.41) is 0. The Kier molecular flexibility index (Phi) is 3.51. The van der Waals surface area contributed by atoms with E-state index in [1.807, 2.05) is 12.1 Å². The average molecular weight is 276 g/mol. The van der Waals surface area contributed by atoms with E-state index >= 15 is 0 Å². The number of carbonyl (C=O) groups is 2. The number of primary amides is 1. The molecule has 2 aliphatic carbocycles. The second-order valence-corrected chi connectivity index (χ2v) is 5.83. The maximum atomic E-state index is 12.6. The van der Waals surface area contributed by atoms with E-state index in [-0.39, 0.29) is 30.3 Å². The number of hydrogen-bond acceptors (Lipinski definition) is 3. The van der Waals surface area contributed by atoms with Crippen LogP contribution in [-0.2, 0) is 9.59 Å². The Morgan fingerprint density at radius 3 is 2.70 bits per heavy atom. The Balaban J connectivity index is 1.68. The number of amides is 2. The van der Waals surface area contributed by atoms with Crippen molar-refractivity contribution in [2.45, 2.75) is 44.1 Å². The molecule has 5 heteroatoms. The van der Waals surface area contributed by atoms with Gasteiger partial charge in [-0.25, -0.2) is 0 Å². The van der Waals surface area contributed by atoms with E-state index in [1.54, 1.807) is 11.2 Å². The van der Waals surface area contributed by atoms with E-state index in [1.165, 1.54) is 0 Å². The lowest BCUT2D eigenvalue weighted by Crippen LogP contribution is -2.45. The molecule has 0 aliphatic heterocycles. The molecular weight excluding hydrogens is 256 g/mol. The van der Waals surface area contributed by atoms with Crippen molar-refractivity contribution in [1.29, 1.82) is 0 Å². The number of nitrogens with two attached hydrogens (primary N) is 1. The van der Waals surface area contributed by atoms with Crippen LogP contribution in [0.4, 0.5) is 0 Å². The highest BCUT2D eigenvalue weighted by molar-refractivity contribution is 5.87. The second-order valence-electron chi connectivity index (χ2n) is 5.83. The van der Waals surface area contributed by atoms with Crippen molar-refractivity contribution >= 4 is 11.8 Å². The lowest BCUT2D eigenvalue weighted by Gasteiger charge is -2.28. The van der Waals surface area contributed by atoms with Gasteiger partial charge in [0.15, 0.2) is 0 Å². The molecule has 3 rings (SSSR count). The highest BCUT2D eigenvalue weighted by atomic mass is 16.3. The summed E-state index contributed by atoms with van der Waals surface area (Å²) in [5.74, 6) is 0.640. The molecule has 1 heterocycles. The molecule has 0 aromatic carbocycles. The minimum atomic E-state index is -0.430. The van der Waals surface area contributed by atoms with Crippen LogP contribution in [0.3, 0.4) is 0 Å². The minimum Gasteiger partial charge on any atom is -0.469 e. The van der Waals surface area contributed by atoms with Gasteiger partial charge < -0.3 is 15.1 Å². The zero-order valence-corrected chi connectivity index (χ0v) is 11.5. The van der Waals surface area contributed by atoms with Crippen molar-refractivity contribution in [3.05, 3.63) is 24.2 Å². The molecule has 2 atom stereocenters. The van der Waals surface area contributed by atoms with Crippen LogP contribution in [-0.4, -0.2) is 29.3 Å². The monoisotopic (exact) mass is 276 g/mol. The van der Waals surface area contributed by atoms with Crippen LogP contribution in [0, 0.1) is 5.92 Å². The van der Waals surface area contributed by atoms with E-state index in [2.05, 4.69) is 0 Å². The number of hydrogen-bond donors (Lipinski definition) is 1. The van der Waals surface area contributed by atoms with Crippen molar-refractivity contribution in [3.63, 3.8) is 0 Å². The molecule has 0 bridgehead atoms. The summed E-state index contributed by atoms with van der Waals surface area (Å²) >= 11 is 0. The van der Waals surface area contributed by atoms with Crippen LogP contribution in [0.1, 0.15) is 43.8 Å². The Bertz CT molecular complexity index is 491. The van der Waals surface area contributed by atoms with E-state index in [9.17, 15) is 9.59 Å². The molecule has 1 aromatic rings. The molecule has 0 saturated heterocycles. The van der Waals surface area contributed by atoms with E-state index in [0.717, 1.165) is 37.9 Å². The Morgan fingerprint density at radius 2 is 2.10 bits per heavy atom. The predicted molar refractivity (Wildman–Crippen MR) is 72.7 cm³/mol. The minimum absolute atomic E-state index is 0.0406. The molecule has 2 saturated carbocycles. The predicted octanol–water partition coefficient (Wildman–Crippen LogP) is 1.64. The summed E-state index contributed by atoms with van der Waals surface area (Å²) in [6, 6.07) is 3.94. The fourth-order valence-corrected chi connectivity index (χ4v) is 3.27. The van der Waals surface area contributed by atoms with Crippen molar-refractivity contribution in [3.8, 4) is 0 Å². The zero-order valence-electron chi connectivity index (χ0n) is 11.5. The summed E-state index contributed by atoms with van der Waals surface area (Å²) in [6.07, 6.45) is 6.66. The van der Waals surface area contributed by atoms with Gasteiger partial charge in [0, 0.05) is 17.9 Å². The first-order chi connectivity index (χ1) is 9.66. The van der Waals surface area contributed by atoms with Gasteiger partial charge >= 0.3 is 0 Å². The Hall–Kier alpha value is -1.78. The van der Waals surface area contributed by atoms with E-state index in [4.69, 9.17) is 10.2 Å². The van der Waals surface area contributed by atoms with Gasteiger partial charge in [0.1, 0.15) is 5.76 Å². The maximum Gasteiger partial charge on any atom is 0.237 e. The normalized spacial score (nSPS) is 25.6. The first-order valence-electron chi connectivity index (χ1n) is 7.29. The first-order valence-corrected chi connectivity index (χ1v) is 7.29. The molecule has 2 fully saturated rings. The van der Waals surface area contributed by atoms with Crippen molar-refractivity contribution in [2.75, 3.05) is 6.54 Å². The van der Waals surface area contributed by atoms with Gasteiger partial charge in [-0.1, -0.05) is 12.8 Å². The third-order valence-corrected chi connectivity index (χ3v) is 4.39. The number of furan rings is 1. The Labute approximate surface area is 118 Å². The summed E-state index contributed by atoms with van der Waals surface area (Å²) in [4.78, 5) is 25.6. The molecule has 2 N–H and O–H groups in total. The van der Waals surface area contributed by atoms with Gasteiger partial charge in [-0.05, 0) is 31.4 Å². The highest BCUT2D eigenvalue weighted by Gasteiger charge is 2.48. The summed E-state index contributed by atoms with van der Waals surface area (Å²) in [6.45, 7) is 0.0465. The summed E-state index contributed by atoms with van der Waals surface area (Å²) < 4.78 is 5.36. The molecule has 5 nitrogen and oxygen atoms in total. The van der Waals surface area contributed by atoms with Crippen molar-refractivity contribution < 1.29 is 14.0 Å². The fourth-order valence-electron chi connectivity index (χ4n) is 3.27. The van der Waals surface area contributed by atoms with Gasteiger partial charge in [0.25, 0.3) is 0 Å². The summed E-state index contributed by atoms with van der Waals surface area (Å²) in [7, 11) is 0. The van der Waals surface area contributed by atoms with Gasteiger partial charge in [-0.15, -0.1) is 0 Å². The standard InChI is InChI=1S/C15H20N2O3/c16-14(18)9-17(10-4-1-2-5-10)15(19)12-8-11(12)13-6-3-7-20-13/h3,6-7,10-12H,1-2,4-5,8-9H2,(H2,16,18). The lowest BCUT2D eigenvalue weighted by molar-refractivity contribution is -0.138. The van der Waals surface area contributed by atoms with Gasteiger partial charge in [-0.2, -0.15) is 0 Å². The second kappa shape index (κ2) is 5.31. The van der Waals surface area contributed by atoms with Crippen LogP contribution in [0.5, 0.6) is 0 Å². The molecule has 2 unspecified atom stereocenters. The number of carbonyl (C=O) groups excluding carboxylic acids is 2. The fraction of sp³-hybridized carbons (Fsp3) is 0.600. The number of nitrogens with zero attached hydrogens (tertiary/aromatic N) is 1. The molecule has 0 radical (unpaired) electrons. The van der Waals surface area contributed by atoms with Crippen molar-refractivity contribution in [2.24, 2.45) is 11.7 Å². The van der Waals surface area contributed by atoms with Crippen LogP contribution < -0.4 is 5.73 Å². The lowest BCUT2D eigenvalue weighted by atomic mass is 10.1. The summed E-state index contributed by atoms with van der Waals surface area (Å²) in [5.41, 5.74) is 5.30. The molecular formula is C15H20N2O3. The third kappa shape index (κ3) is 2.57. The van der Waals surface area contributed by atoms with Crippen LogP contribution in [0.2, 0.25) is 0 Å². The van der Waals surface area contributed by atoms with Crippen molar-refractivity contribution in [1.82, 2.24) is 4.90 Å². The molecule has 1 aromatic heterocycles. The third-order valence-electron chi connectivity index (χ3n) is 4.39. The van der Waals surface area contributed by atoms with Crippen LogP contribution in [0.15, 0.2) is 22.8 Å². The smallest absolute Gasteiger partial charge is 0.237 e. The van der Waals surface area contributed by atoms with Gasteiger partial charge in [-0.3, -0.25) is 9.59 Å². The molecule has 20 heavy (non-hydrogen) atoms. The van der Waals surface area contributed by atoms with Crippen LogP contribution >= 0.6 is 0 Å². The highest BCUT2D eigenvalue weighted by Crippen LogP contribution is 2.49. The average Bonchev–Trinajstić information content (AvgIpc) is 2.87. The molecule has 2 aliphatic rings. The van der Waals surface area contributed by atoms with E-state index < -0.39 is 5.91 Å². The number of rotatable bonds is 5. The quantitative estimate of drug-likeness (QED) is 0.888. The van der Waals surface area contributed by atoms with Gasteiger partial charge in [0.05, 0.1) is 12.8 Å². The van der Waals surface area contributed by atoms with Gasteiger partial charge in [0.2, 0.25) is 11.8 Å². The Morgan fingerprint density at radius 1 is 1.35 bits per heavy atom. The molecule has 2 amide bonds.